The summed E-state index contributed by atoms with van der Waals surface area (Å²) < 4.78 is 0. The first kappa shape index (κ1) is 8.87. The van der Waals surface area contributed by atoms with E-state index in [0.717, 1.165) is 0 Å². The third-order valence-corrected chi connectivity index (χ3v) is 0. The summed E-state index contributed by atoms with van der Waals surface area (Å²) in [6.07, 6.45) is 0. The molecule has 0 rings (SSSR count). The van der Waals surface area contributed by atoms with Crippen LogP contribution in [0.5, 0.6) is 0 Å². The standard InChI is InChI=1S/HNO3.Ti/c2-1(3)4;/h(H,2,3,4);/q;+2. The molecular formula is HNO3Ti+2. The molecule has 0 aromatic heterocycles. The number of hydrogen-bond acceptors (Lipinski definition) is 2. The minimum absolute atomic E-state index is 0. The van der Waals surface area contributed by atoms with Crippen molar-refractivity contribution in [2.45, 2.75) is 0 Å². The molecule has 0 fully saturated rings. The van der Waals surface area contributed by atoms with Crippen LogP contribution in [-0.2, 0) is 21.7 Å². The van der Waals surface area contributed by atoms with Gasteiger partial charge in [-0.3, -0.25) is 0 Å². The topological polar surface area (TPSA) is 63.4 Å². The van der Waals surface area contributed by atoms with Crippen molar-refractivity contribution in [1.29, 1.82) is 0 Å². The van der Waals surface area contributed by atoms with Crippen molar-refractivity contribution in [1.82, 2.24) is 0 Å². The Labute approximate surface area is 42.8 Å². The molecule has 0 unspecified atom stereocenters. The quantitative estimate of drug-likeness (QED) is 0.264. The van der Waals surface area contributed by atoms with Gasteiger partial charge in [0.1, 0.15) is 0 Å². The Morgan fingerprint density at radius 3 is 1.80 bits per heavy atom. The van der Waals surface area contributed by atoms with Gasteiger partial charge in [-0.2, -0.15) is 0 Å². The van der Waals surface area contributed by atoms with Crippen molar-refractivity contribution in [2.24, 2.45) is 0 Å². The summed E-state index contributed by atoms with van der Waals surface area (Å²) in [7, 11) is 0. The summed E-state index contributed by atoms with van der Waals surface area (Å²) in [5, 5.41) is 13.6. The average molecular weight is 111 g/mol. The number of nitrogens with zero attached hydrogens (tertiary/aromatic N) is 1. The molecule has 0 atom stereocenters. The molecule has 0 spiro atoms. The molecule has 0 aromatic carbocycles. The summed E-state index contributed by atoms with van der Waals surface area (Å²) >= 11 is 0. The second-order valence-corrected chi connectivity index (χ2v) is 0.238. The normalized spacial score (nSPS) is 4.80. The van der Waals surface area contributed by atoms with Crippen molar-refractivity contribution in [3.05, 3.63) is 10.1 Å². The largest absolute Gasteiger partial charge is 2.00 e. The molecule has 0 saturated carbocycles. The maximum Gasteiger partial charge on any atom is 2.00 e. The molecule has 4 nitrogen and oxygen atoms in total. The molecule has 5 heteroatoms. The van der Waals surface area contributed by atoms with Gasteiger partial charge in [-0.15, -0.1) is 10.1 Å². The van der Waals surface area contributed by atoms with E-state index >= 15 is 0 Å². The van der Waals surface area contributed by atoms with Crippen LogP contribution in [0.2, 0.25) is 0 Å². The third-order valence-electron chi connectivity index (χ3n) is 0. The van der Waals surface area contributed by atoms with Crippen LogP contribution in [0.1, 0.15) is 0 Å². The van der Waals surface area contributed by atoms with Gasteiger partial charge in [0.15, 0.2) is 0 Å². The first-order valence-electron chi connectivity index (χ1n) is 0.565. The van der Waals surface area contributed by atoms with Crippen LogP contribution in [0.25, 0.3) is 0 Å². The van der Waals surface area contributed by atoms with Crippen LogP contribution >= 0.6 is 0 Å². The van der Waals surface area contributed by atoms with E-state index in [2.05, 4.69) is 0 Å². The number of rotatable bonds is 0. The minimum Gasteiger partial charge on any atom is -0.328 e. The van der Waals surface area contributed by atoms with Crippen molar-refractivity contribution < 1.29 is 32.0 Å². The summed E-state index contributed by atoms with van der Waals surface area (Å²) in [5.41, 5.74) is 0. The molecular weight excluding hydrogens is 110 g/mol. The molecule has 0 heterocycles. The second kappa shape index (κ2) is 3.91. The zero-order valence-corrected chi connectivity index (χ0v) is 3.77. The van der Waals surface area contributed by atoms with E-state index in [4.69, 9.17) is 15.3 Å². The summed E-state index contributed by atoms with van der Waals surface area (Å²) in [4.78, 5) is 8.36. The number of hydrogen-bond donors (Lipinski definition) is 1. The van der Waals surface area contributed by atoms with E-state index < -0.39 is 5.09 Å². The van der Waals surface area contributed by atoms with Gasteiger partial charge in [0.05, 0.1) is 0 Å². The van der Waals surface area contributed by atoms with Crippen molar-refractivity contribution in [2.75, 3.05) is 0 Å². The molecule has 0 aliphatic carbocycles. The predicted molar refractivity (Wildman–Crippen MR) is 8.78 cm³/mol. The molecule has 5 heavy (non-hydrogen) atoms. The molecule has 0 aliphatic rings. The fourth-order valence-corrected chi connectivity index (χ4v) is 0. The van der Waals surface area contributed by atoms with E-state index in [1.54, 1.807) is 0 Å². The van der Waals surface area contributed by atoms with Gasteiger partial charge in [0.2, 0.25) is 0 Å². The predicted octanol–water partition coefficient (Wildman–Crippen LogP) is -0.350. The zero-order chi connectivity index (χ0) is 3.58. The van der Waals surface area contributed by atoms with E-state index in [1.807, 2.05) is 0 Å². The minimum atomic E-state index is -1.50. The maximum absolute atomic E-state index is 8.36. The molecule has 1 N–H and O–H groups in total. The Kier molecular flexibility index (Phi) is 6.94. The van der Waals surface area contributed by atoms with Gasteiger partial charge < -0.3 is 5.21 Å². The van der Waals surface area contributed by atoms with Gasteiger partial charge in [-0.1, -0.05) is 0 Å². The second-order valence-electron chi connectivity index (χ2n) is 0.238. The Balaban J connectivity index is 0. The van der Waals surface area contributed by atoms with Gasteiger partial charge in [-0.25, -0.2) is 0 Å². The zero-order valence-electron chi connectivity index (χ0n) is 2.21. The van der Waals surface area contributed by atoms with Crippen LogP contribution < -0.4 is 0 Å². The van der Waals surface area contributed by atoms with E-state index in [1.165, 1.54) is 0 Å². The fraction of sp³-hybridized carbons (Fsp3) is 0. The molecule has 0 aromatic rings. The maximum atomic E-state index is 8.36. The Hall–Kier alpha value is -0.0857. The van der Waals surface area contributed by atoms with Gasteiger partial charge >= 0.3 is 21.7 Å². The first-order valence-corrected chi connectivity index (χ1v) is 0.565. The fourth-order valence-electron chi connectivity index (χ4n) is 0. The smallest absolute Gasteiger partial charge is 0.328 e. The van der Waals surface area contributed by atoms with E-state index in [-0.39, 0.29) is 21.7 Å². The molecule has 0 radical (unpaired) electrons. The van der Waals surface area contributed by atoms with Gasteiger partial charge in [0.25, 0.3) is 5.09 Å². The van der Waals surface area contributed by atoms with Crippen LogP contribution in [0.3, 0.4) is 0 Å². The van der Waals surface area contributed by atoms with Crippen molar-refractivity contribution in [3.8, 4) is 0 Å². The summed E-state index contributed by atoms with van der Waals surface area (Å²) in [5.74, 6) is 0. The van der Waals surface area contributed by atoms with E-state index in [0.29, 0.717) is 0 Å². The average Bonchev–Trinajstić information content (AvgIpc) is 0.811. The van der Waals surface area contributed by atoms with E-state index in [9.17, 15) is 0 Å². The first-order chi connectivity index (χ1) is 1.73. The molecule has 26 valence electrons. The van der Waals surface area contributed by atoms with Crippen LogP contribution in [-0.4, -0.2) is 10.3 Å². The molecule has 0 amide bonds. The summed E-state index contributed by atoms with van der Waals surface area (Å²) in [6.45, 7) is 0. The SMILES string of the molecule is O=[N+]([O-])O.[Ti+2]. The van der Waals surface area contributed by atoms with Crippen molar-refractivity contribution >= 4 is 0 Å². The molecule has 0 aliphatic heterocycles. The van der Waals surface area contributed by atoms with Crippen molar-refractivity contribution in [3.63, 3.8) is 0 Å². The van der Waals surface area contributed by atoms with Crippen LogP contribution in [0.15, 0.2) is 0 Å². The molecule has 0 saturated heterocycles. The molecule has 0 bridgehead atoms. The van der Waals surface area contributed by atoms with Crippen LogP contribution in [0.4, 0.5) is 0 Å². The van der Waals surface area contributed by atoms with Gasteiger partial charge in [0, 0.05) is 0 Å². The van der Waals surface area contributed by atoms with Crippen LogP contribution in [0, 0.1) is 10.1 Å². The Bertz CT molecular complexity index is 29.9. The van der Waals surface area contributed by atoms with Gasteiger partial charge in [-0.05, 0) is 0 Å². The Morgan fingerprint density at radius 1 is 1.80 bits per heavy atom. The Morgan fingerprint density at radius 2 is 1.80 bits per heavy atom. The monoisotopic (exact) mass is 111 g/mol. The summed E-state index contributed by atoms with van der Waals surface area (Å²) in [6, 6.07) is 0. The third kappa shape index (κ3) is 1950.